The molecule has 0 radical (unpaired) electrons. The molecule has 0 bridgehead atoms. The Balaban J connectivity index is 2.19. The number of esters is 1. The zero-order chi connectivity index (χ0) is 18.7. The third-order valence-electron chi connectivity index (χ3n) is 3.96. The van der Waals surface area contributed by atoms with Gasteiger partial charge in [-0.2, -0.15) is 0 Å². The maximum absolute atomic E-state index is 13.2. The number of ether oxygens (including phenoxy) is 2. The van der Waals surface area contributed by atoms with E-state index in [-0.39, 0.29) is 17.7 Å². The zero-order valence-electron chi connectivity index (χ0n) is 14.4. The summed E-state index contributed by atoms with van der Waals surface area (Å²) in [5.41, 5.74) is 1.35. The maximum atomic E-state index is 13.2. The summed E-state index contributed by atoms with van der Waals surface area (Å²) in [5.74, 6) is -0.0317. The summed E-state index contributed by atoms with van der Waals surface area (Å²) in [4.78, 5) is 16.0. The smallest absolute Gasteiger partial charge is 0.305 e. The Hall–Kier alpha value is -2.87. The maximum Gasteiger partial charge on any atom is 0.305 e. The Morgan fingerprint density at radius 1 is 1.12 bits per heavy atom. The van der Waals surface area contributed by atoms with Crippen LogP contribution in [0.15, 0.2) is 53.4 Å². The fourth-order valence-corrected chi connectivity index (χ4v) is 4.28. The molecule has 0 N–H and O–H groups in total. The SMILES string of the molecule is COC(=O)CCc1cc2nc(OC)ccc2n1S(=O)(=O)c1ccccc1. The molecule has 26 heavy (non-hydrogen) atoms. The second kappa shape index (κ2) is 7.17. The molecular weight excluding hydrogens is 356 g/mol. The topological polar surface area (TPSA) is 87.5 Å². The largest absolute Gasteiger partial charge is 0.481 e. The van der Waals surface area contributed by atoms with E-state index in [2.05, 4.69) is 9.72 Å². The van der Waals surface area contributed by atoms with Gasteiger partial charge in [0.25, 0.3) is 10.0 Å². The first kappa shape index (κ1) is 17.9. The molecule has 0 amide bonds. The van der Waals surface area contributed by atoms with Crippen LogP contribution in [0.1, 0.15) is 12.1 Å². The highest BCUT2D eigenvalue weighted by Gasteiger charge is 2.24. The fraction of sp³-hybridized carbons (Fsp3) is 0.222. The minimum atomic E-state index is -3.84. The van der Waals surface area contributed by atoms with Gasteiger partial charge in [0.1, 0.15) is 0 Å². The summed E-state index contributed by atoms with van der Waals surface area (Å²) in [7, 11) is -1.06. The number of hydrogen-bond acceptors (Lipinski definition) is 6. The third-order valence-corrected chi connectivity index (χ3v) is 5.74. The average Bonchev–Trinajstić information content (AvgIpc) is 3.04. The molecule has 0 spiro atoms. The number of rotatable bonds is 6. The number of fused-ring (bicyclic) bond motifs is 1. The van der Waals surface area contributed by atoms with E-state index in [4.69, 9.17) is 4.74 Å². The van der Waals surface area contributed by atoms with E-state index in [1.807, 2.05) is 0 Å². The highest BCUT2D eigenvalue weighted by atomic mass is 32.2. The monoisotopic (exact) mass is 374 g/mol. The zero-order valence-corrected chi connectivity index (χ0v) is 15.2. The van der Waals surface area contributed by atoms with Crippen LogP contribution < -0.4 is 4.74 Å². The Labute approximate surface area is 151 Å². The number of benzene rings is 1. The lowest BCUT2D eigenvalue weighted by Gasteiger charge is -2.12. The molecule has 0 saturated carbocycles. The van der Waals surface area contributed by atoms with E-state index in [9.17, 15) is 13.2 Å². The van der Waals surface area contributed by atoms with Gasteiger partial charge in [-0.15, -0.1) is 0 Å². The minimum absolute atomic E-state index is 0.0638. The van der Waals surface area contributed by atoms with Crippen LogP contribution in [-0.4, -0.2) is 37.6 Å². The summed E-state index contributed by atoms with van der Waals surface area (Å²) in [6.07, 6.45) is 0.270. The van der Waals surface area contributed by atoms with Crippen molar-refractivity contribution in [1.82, 2.24) is 8.96 Å². The van der Waals surface area contributed by atoms with Crippen LogP contribution in [0.2, 0.25) is 0 Å². The second-order valence-corrected chi connectivity index (χ2v) is 7.34. The van der Waals surface area contributed by atoms with Crippen molar-refractivity contribution < 1.29 is 22.7 Å². The summed E-state index contributed by atoms with van der Waals surface area (Å²) in [6, 6.07) is 13.0. The van der Waals surface area contributed by atoms with Gasteiger partial charge < -0.3 is 9.47 Å². The fourth-order valence-electron chi connectivity index (χ4n) is 2.70. The molecule has 0 atom stereocenters. The van der Waals surface area contributed by atoms with Gasteiger partial charge in [-0.3, -0.25) is 4.79 Å². The predicted molar refractivity (Wildman–Crippen MR) is 95.6 cm³/mol. The van der Waals surface area contributed by atoms with E-state index in [0.29, 0.717) is 22.6 Å². The van der Waals surface area contributed by atoms with E-state index in [1.165, 1.54) is 30.3 Å². The van der Waals surface area contributed by atoms with E-state index >= 15 is 0 Å². The first-order chi connectivity index (χ1) is 12.5. The van der Waals surface area contributed by atoms with Crippen molar-refractivity contribution in [2.24, 2.45) is 0 Å². The molecule has 0 fully saturated rings. The number of pyridine rings is 1. The van der Waals surface area contributed by atoms with Crippen molar-refractivity contribution in [2.75, 3.05) is 14.2 Å². The second-order valence-electron chi connectivity index (χ2n) is 5.55. The lowest BCUT2D eigenvalue weighted by Crippen LogP contribution is -2.16. The van der Waals surface area contributed by atoms with Gasteiger partial charge in [0, 0.05) is 11.8 Å². The molecule has 8 heteroatoms. The highest BCUT2D eigenvalue weighted by molar-refractivity contribution is 7.90. The standard InChI is InChI=1S/C18H18N2O5S/c1-24-17-10-9-16-15(19-17)12-13(8-11-18(21)25-2)20(16)26(22,23)14-6-4-3-5-7-14/h3-7,9-10,12H,8,11H2,1-2H3. The van der Waals surface area contributed by atoms with Crippen molar-refractivity contribution >= 4 is 27.0 Å². The Bertz CT molecular complexity index is 1040. The van der Waals surface area contributed by atoms with Gasteiger partial charge in [0.2, 0.25) is 5.88 Å². The van der Waals surface area contributed by atoms with Gasteiger partial charge in [-0.25, -0.2) is 17.4 Å². The van der Waals surface area contributed by atoms with Gasteiger partial charge in [0.15, 0.2) is 0 Å². The van der Waals surface area contributed by atoms with Crippen LogP contribution in [0.25, 0.3) is 11.0 Å². The molecule has 2 heterocycles. The van der Waals surface area contributed by atoms with Crippen molar-refractivity contribution in [3.8, 4) is 5.88 Å². The molecule has 0 aliphatic rings. The third kappa shape index (κ3) is 3.28. The first-order valence-corrected chi connectivity index (χ1v) is 9.34. The number of aryl methyl sites for hydroxylation is 1. The van der Waals surface area contributed by atoms with E-state index in [0.717, 1.165) is 0 Å². The molecular formula is C18H18N2O5S. The average molecular weight is 374 g/mol. The number of hydrogen-bond donors (Lipinski definition) is 0. The van der Waals surface area contributed by atoms with Gasteiger partial charge in [-0.1, -0.05) is 18.2 Å². The van der Waals surface area contributed by atoms with Crippen molar-refractivity contribution in [3.05, 3.63) is 54.2 Å². The molecule has 1 aromatic carbocycles. The molecule has 3 aromatic rings. The molecule has 0 aliphatic carbocycles. The predicted octanol–water partition coefficient (Wildman–Crippen LogP) is 2.39. The molecule has 3 rings (SSSR count). The Morgan fingerprint density at radius 2 is 1.85 bits per heavy atom. The lowest BCUT2D eigenvalue weighted by molar-refractivity contribution is -0.140. The van der Waals surface area contributed by atoms with Crippen molar-refractivity contribution in [1.29, 1.82) is 0 Å². The quantitative estimate of drug-likeness (QED) is 0.616. The summed E-state index contributed by atoms with van der Waals surface area (Å²) in [5, 5.41) is 0. The molecule has 136 valence electrons. The van der Waals surface area contributed by atoms with Crippen LogP contribution in [0.3, 0.4) is 0 Å². The lowest BCUT2D eigenvalue weighted by atomic mass is 10.2. The van der Waals surface area contributed by atoms with Crippen LogP contribution >= 0.6 is 0 Å². The number of nitrogens with zero attached hydrogens (tertiary/aromatic N) is 2. The van der Waals surface area contributed by atoms with Crippen molar-refractivity contribution in [3.63, 3.8) is 0 Å². The van der Waals surface area contributed by atoms with Crippen LogP contribution in [0.4, 0.5) is 0 Å². The molecule has 0 aliphatic heterocycles. The molecule has 7 nitrogen and oxygen atoms in total. The summed E-state index contributed by atoms with van der Waals surface area (Å²) in [6.45, 7) is 0. The van der Waals surface area contributed by atoms with Gasteiger partial charge in [0.05, 0.1) is 36.6 Å². The van der Waals surface area contributed by atoms with Gasteiger partial charge >= 0.3 is 5.97 Å². The number of methoxy groups -OCH3 is 2. The first-order valence-electron chi connectivity index (χ1n) is 7.90. The van der Waals surface area contributed by atoms with Crippen molar-refractivity contribution in [2.45, 2.75) is 17.7 Å². The normalized spacial score (nSPS) is 11.5. The van der Waals surface area contributed by atoms with Crippen LogP contribution in [0, 0.1) is 0 Å². The summed E-state index contributed by atoms with van der Waals surface area (Å²) < 4.78 is 37.4. The molecule has 0 saturated heterocycles. The minimum Gasteiger partial charge on any atom is -0.481 e. The van der Waals surface area contributed by atoms with Gasteiger partial charge in [-0.05, 0) is 30.7 Å². The number of carbonyl (C=O) groups excluding carboxylic acids is 1. The van der Waals surface area contributed by atoms with E-state index < -0.39 is 16.0 Å². The Morgan fingerprint density at radius 3 is 2.50 bits per heavy atom. The Kier molecular flexibility index (Phi) is 4.94. The highest BCUT2D eigenvalue weighted by Crippen LogP contribution is 2.27. The van der Waals surface area contributed by atoms with E-state index in [1.54, 1.807) is 36.4 Å². The number of aromatic nitrogens is 2. The number of carbonyl (C=O) groups is 1. The molecule has 0 unspecified atom stereocenters. The van der Waals surface area contributed by atoms with Crippen LogP contribution in [-0.2, 0) is 26.0 Å². The van der Waals surface area contributed by atoms with Crippen LogP contribution in [0.5, 0.6) is 5.88 Å². The summed E-state index contributed by atoms with van der Waals surface area (Å²) >= 11 is 0. The molecule has 2 aromatic heterocycles.